The van der Waals surface area contributed by atoms with E-state index in [9.17, 15) is 9.90 Å². The van der Waals surface area contributed by atoms with Gasteiger partial charge in [-0.1, -0.05) is 32.0 Å². The summed E-state index contributed by atoms with van der Waals surface area (Å²) in [7, 11) is 0. The number of para-hydroxylation sites is 1. The molecule has 0 saturated heterocycles. The molecule has 0 saturated carbocycles. The van der Waals surface area contributed by atoms with Crippen LogP contribution in [0.25, 0.3) is 0 Å². The van der Waals surface area contributed by atoms with E-state index < -0.39 is 18.1 Å². The molecule has 0 amide bonds. The van der Waals surface area contributed by atoms with E-state index in [2.05, 4.69) is 5.32 Å². The Morgan fingerprint density at radius 1 is 1.32 bits per heavy atom. The zero-order chi connectivity index (χ0) is 14.3. The van der Waals surface area contributed by atoms with Crippen LogP contribution in [0.1, 0.15) is 13.8 Å². The number of rotatable bonds is 8. The first-order valence-electron chi connectivity index (χ1n) is 6.32. The normalized spacial score (nSPS) is 14.1. The maximum Gasteiger partial charge on any atom is 0.320 e. The summed E-state index contributed by atoms with van der Waals surface area (Å²) < 4.78 is 5.38. The quantitative estimate of drug-likeness (QED) is 0.658. The highest BCUT2D eigenvalue weighted by Crippen LogP contribution is 2.08. The molecule has 1 aromatic rings. The maximum atomic E-state index is 11.0. The Kier molecular flexibility index (Phi) is 6.32. The SMILES string of the molecule is CC(C)[C@@H](NC[C@H](O)COc1ccccc1)C(=O)O. The molecule has 0 aliphatic heterocycles. The largest absolute Gasteiger partial charge is 0.491 e. The Balaban J connectivity index is 2.31. The lowest BCUT2D eigenvalue weighted by atomic mass is 10.0. The Bertz CT molecular complexity index is 380. The van der Waals surface area contributed by atoms with E-state index in [0.29, 0.717) is 5.75 Å². The predicted octanol–water partition coefficient (Wildman–Crippen LogP) is 1.13. The lowest BCUT2D eigenvalue weighted by molar-refractivity contribution is -0.140. The van der Waals surface area contributed by atoms with Crippen LogP contribution in [-0.2, 0) is 4.79 Å². The summed E-state index contributed by atoms with van der Waals surface area (Å²) in [6.45, 7) is 3.95. The number of aliphatic carboxylic acids is 1. The Hall–Kier alpha value is -1.59. The molecule has 0 heterocycles. The van der Waals surface area contributed by atoms with E-state index in [-0.39, 0.29) is 19.1 Å². The maximum absolute atomic E-state index is 11.0. The number of carbonyl (C=O) groups is 1. The van der Waals surface area contributed by atoms with Gasteiger partial charge in [0.2, 0.25) is 0 Å². The second-order valence-electron chi connectivity index (χ2n) is 4.75. The summed E-state index contributed by atoms with van der Waals surface area (Å²) in [4.78, 5) is 11.0. The third-order valence-corrected chi connectivity index (χ3v) is 2.69. The number of aliphatic hydroxyl groups excluding tert-OH is 1. The molecule has 0 fully saturated rings. The third-order valence-electron chi connectivity index (χ3n) is 2.69. The van der Waals surface area contributed by atoms with E-state index in [1.165, 1.54) is 0 Å². The van der Waals surface area contributed by atoms with Gasteiger partial charge in [-0.2, -0.15) is 0 Å². The smallest absolute Gasteiger partial charge is 0.320 e. The molecule has 5 nitrogen and oxygen atoms in total. The molecule has 0 aliphatic rings. The van der Waals surface area contributed by atoms with Crippen molar-refractivity contribution in [1.29, 1.82) is 0 Å². The second kappa shape index (κ2) is 7.76. The number of ether oxygens (including phenoxy) is 1. The van der Waals surface area contributed by atoms with Crippen LogP contribution in [0.3, 0.4) is 0 Å². The van der Waals surface area contributed by atoms with Crippen molar-refractivity contribution in [3.05, 3.63) is 30.3 Å². The molecular formula is C14H21NO4. The minimum absolute atomic E-state index is 0.0419. The topological polar surface area (TPSA) is 78.8 Å². The first-order chi connectivity index (χ1) is 9.00. The van der Waals surface area contributed by atoms with Crippen molar-refractivity contribution in [2.24, 2.45) is 5.92 Å². The van der Waals surface area contributed by atoms with Gasteiger partial charge in [0.15, 0.2) is 0 Å². The number of hydrogen-bond acceptors (Lipinski definition) is 4. The summed E-state index contributed by atoms with van der Waals surface area (Å²) in [6, 6.07) is 8.51. The molecule has 3 N–H and O–H groups in total. The number of aliphatic hydroxyl groups is 1. The van der Waals surface area contributed by atoms with E-state index >= 15 is 0 Å². The molecule has 0 spiro atoms. The summed E-state index contributed by atoms with van der Waals surface area (Å²) in [6.07, 6.45) is -0.749. The van der Waals surface area contributed by atoms with Gasteiger partial charge in [-0.3, -0.25) is 4.79 Å². The van der Waals surface area contributed by atoms with Gasteiger partial charge in [-0.25, -0.2) is 0 Å². The minimum Gasteiger partial charge on any atom is -0.491 e. The summed E-state index contributed by atoms with van der Waals surface area (Å²) >= 11 is 0. The zero-order valence-electron chi connectivity index (χ0n) is 11.2. The Morgan fingerprint density at radius 3 is 2.47 bits per heavy atom. The van der Waals surface area contributed by atoms with Crippen LogP contribution >= 0.6 is 0 Å². The van der Waals surface area contributed by atoms with E-state index in [1.807, 2.05) is 32.0 Å². The van der Waals surface area contributed by atoms with Crippen LogP contribution in [0.2, 0.25) is 0 Å². The highest BCUT2D eigenvalue weighted by molar-refractivity contribution is 5.73. The number of nitrogens with one attached hydrogen (secondary N) is 1. The predicted molar refractivity (Wildman–Crippen MR) is 72.2 cm³/mol. The van der Waals surface area contributed by atoms with Gasteiger partial charge in [0.25, 0.3) is 0 Å². The molecular weight excluding hydrogens is 246 g/mol. The first kappa shape index (κ1) is 15.5. The monoisotopic (exact) mass is 267 g/mol. The zero-order valence-corrected chi connectivity index (χ0v) is 11.2. The molecule has 19 heavy (non-hydrogen) atoms. The fourth-order valence-electron chi connectivity index (χ4n) is 1.64. The average molecular weight is 267 g/mol. The molecule has 5 heteroatoms. The number of benzene rings is 1. The van der Waals surface area contributed by atoms with Gasteiger partial charge in [0.1, 0.15) is 24.5 Å². The van der Waals surface area contributed by atoms with Crippen LogP contribution < -0.4 is 10.1 Å². The van der Waals surface area contributed by atoms with Crippen LogP contribution in [-0.4, -0.2) is 41.5 Å². The highest BCUT2D eigenvalue weighted by Gasteiger charge is 2.21. The molecule has 106 valence electrons. The van der Waals surface area contributed by atoms with Crippen LogP contribution in [0.15, 0.2) is 30.3 Å². The van der Waals surface area contributed by atoms with Crippen molar-refractivity contribution in [2.45, 2.75) is 26.0 Å². The van der Waals surface area contributed by atoms with E-state index in [1.54, 1.807) is 12.1 Å². The summed E-state index contributed by atoms with van der Waals surface area (Å²) in [5.74, 6) is -0.272. The standard InChI is InChI=1S/C14H21NO4/c1-10(2)13(14(17)18)15-8-11(16)9-19-12-6-4-3-5-7-12/h3-7,10-11,13,15-16H,8-9H2,1-2H3,(H,17,18)/t11-,13+/m0/s1. The molecule has 1 rings (SSSR count). The number of carboxylic acids is 1. The van der Waals surface area contributed by atoms with Crippen molar-refractivity contribution in [3.63, 3.8) is 0 Å². The number of hydrogen-bond donors (Lipinski definition) is 3. The van der Waals surface area contributed by atoms with Crippen molar-refractivity contribution in [1.82, 2.24) is 5.32 Å². The summed E-state index contributed by atoms with van der Waals surface area (Å²) in [5, 5.41) is 21.6. The van der Waals surface area contributed by atoms with E-state index in [0.717, 1.165) is 0 Å². The minimum atomic E-state index is -0.911. The van der Waals surface area contributed by atoms with Crippen molar-refractivity contribution in [2.75, 3.05) is 13.2 Å². The lowest BCUT2D eigenvalue weighted by Gasteiger charge is -2.20. The van der Waals surface area contributed by atoms with Gasteiger partial charge in [0.05, 0.1) is 0 Å². The van der Waals surface area contributed by atoms with Gasteiger partial charge >= 0.3 is 5.97 Å². The van der Waals surface area contributed by atoms with Gasteiger partial charge in [-0.05, 0) is 18.1 Å². The van der Waals surface area contributed by atoms with Crippen molar-refractivity contribution in [3.8, 4) is 5.75 Å². The molecule has 0 aromatic heterocycles. The van der Waals surface area contributed by atoms with Gasteiger partial charge < -0.3 is 20.3 Å². The van der Waals surface area contributed by atoms with Gasteiger partial charge in [-0.15, -0.1) is 0 Å². The molecule has 0 radical (unpaired) electrons. The Labute approximate surface area is 113 Å². The fraction of sp³-hybridized carbons (Fsp3) is 0.500. The van der Waals surface area contributed by atoms with Crippen molar-refractivity contribution < 1.29 is 19.7 Å². The third kappa shape index (κ3) is 5.72. The number of carboxylic acid groups (broad SMARTS) is 1. The van der Waals surface area contributed by atoms with Crippen LogP contribution in [0.5, 0.6) is 5.75 Å². The molecule has 0 aliphatic carbocycles. The van der Waals surface area contributed by atoms with Crippen molar-refractivity contribution >= 4 is 5.97 Å². The van der Waals surface area contributed by atoms with Crippen LogP contribution in [0, 0.1) is 5.92 Å². The van der Waals surface area contributed by atoms with E-state index in [4.69, 9.17) is 9.84 Å². The molecule has 2 atom stereocenters. The lowest BCUT2D eigenvalue weighted by Crippen LogP contribution is -2.45. The highest BCUT2D eigenvalue weighted by atomic mass is 16.5. The van der Waals surface area contributed by atoms with Crippen LogP contribution in [0.4, 0.5) is 0 Å². The molecule has 0 bridgehead atoms. The molecule has 1 aromatic carbocycles. The van der Waals surface area contributed by atoms with Gasteiger partial charge in [0, 0.05) is 6.54 Å². The fourth-order valence-corrected chi connectivity index (χ4v) is 1.64. The second-order valence-corrected chi connectivity index (χ2v) is 4.75. The molecule has 0 unspecified atom stereocenters. The first-order valence-corrected chi connectivity index (χ1v) is 6.32. The summed E-state index contributed by atoms with van der Waals surface area (Å²) in [5.41, 5.74) is 0. The average Bonchev–Trinajstić information content (AvgIpc) is 2.37. The Morgan fingerprint density at radius 2 is 1.95 bits per heavy atom.